The molecule has 19 heavy (non-hydrogen) atoms. The molecule has 4 heteroatoms. The topological polar surface area (TPSA) is 38.9 Å². The van der Waals surface area contributed by atoms with Gasteiger partial charge < -0.3 is 5.73 Å². The predicted octanol–water partition coefficient (Wildman–Crippen LogP) is 3.52. The van der Waals surface area contributed by atoms with Crippen molar-refractivity contribution < 1.29 is 4.39 Å². The molecule has 0 saturated heterocycles. The van der Waals surface area contributed by atoms with Gasteiger partial charge in [0.25, 0.3) is 0 Å². The summed E-state index contributed by atoms with van der Waals surface area (Å²) in [6.07, 6.45) is 4.55. The molecule has 2 aromatic rings. The number of hydrogen-bond donors (Lipinski definition) is 1. The van der Waals surface area contributed by atoms with Gasteiger partial charge in [-0.3, -0.25) is 0 Å². The van der Waals surface area contributed by atoms with Gasteiger partial charge in [-0.15, -0.1) is 11.3 Å². The zero-order valence-corrected chi connectivity index (χ0v) is 11.8. The smallest absolute Gasteiger partial charge is 0.128 e. The van der Waals surface area contributed by atoms with Crippen molar-refractivity contribution in [2.24, 2.45) is 5.73 Å². The molecule has 0 aliphatic heterocycles. The number of fused-ring (bicyclic) bond motifs is 1. The van der Waals surface area contributed by atoms with E-state index in [4.69, 9.17) is 5.73 Å². The Morgan fingerprint density at radius 1 is 1.32 bits per heavy atom. The third-order valence-electron chi connectivity index (χ3n) is 3.61. The van der Waals surface area contributed by atoms with Crippen molar-refractivity contribution >= 4 is 11.3 Å². The second kappa shape index (κ2) is 5.02. The molecule has 1 aromatic carbocycles. The van der Waals surface area contributed by atoms with Crippen LogP contribution >= 0.6 is 11.3 Å². The van der Waals surface area contributed by atoms with Crippen LogP contribution in [0.15, 0.2) is 18.2 Å². The lowest BCUT2D eigenvalue weighted by Gasteiger charge is -2.10. The highest BCUT2D eigenvalue weighted by Gasteiger charge is 2.21. The van der Waals surface area contributed by atoms with Gasteiger partial charge >= 0.3 is 0 Å². The number of aryl methyl sites for hydroxylation is 3. The summed E-state index contributed by atoms with van der Waals surface area (Å²) in [5, 5.41) is 0.844. The van der Waals surface area contributed by atoms with Gasteiger partial charge in [0.05, 0.1) is 11.7 Å². The van der Waals surface area contributed by atoms with Crippen LogP contribution in [0.2, 0.25) is 0 Å². The molecule has 0 saturated carbocycles. The lowest BCUT2D eigenvalue weighted by Crippen LogP contribution is -2.13. The van der Waals surface area contributed by atoms with E-state index >= 15 is 0 Å². The lowest BCUT2D eigenvalue weighted by atomic mass is 10.0. The van der Waals surface area contributed by atoms with Crippen LogP contribution in [0.1, 0.15) is 45.6 Å². The van der Waals surface area contributed by atoms with Gasteiger partial charge in [-0.2, -0.15) is 0 Å². The third-order valence-corrected chi connectivity index (χ3v) is 4.86. The number of rotatable bonds is 2. The maximum absolute atomic E-state index is 13.9. The highest BCUT2D eigenvalue weighted by molar-refractivity contribution is 7.11. The van der Waals surface area contributed by atoms with E-state index < -0.39 is 6.04 Å². The molecular weight excluding hydrogens is 259 g/mol. The van der Waals surface area contributed by atoms with E-state index in [0.29, 0.717) is 5.56 Å². The normalized spacial score (nSPS) is 16.2. The molecule has 3 rings (SSSR count). The average molecular weight is 276 g/mol. The molecule has 2 N–H and O–H groups in total. The molecule has 2 nitrogen and oxygen atoms in total. The Labute approximate surface area is 116 Å². The van der Waals surface area contributed by atoms with Gasteiger partial charge in [-0.1, -0.05) is 17.7 Å². The first-order valence-electron chi connectivity index (χ1n) is 6.65. The average Bonchev–Trinajstić information content (AvgIpc) is 2.84. The van der Waals surface area contributed by atoms with E-state index in [1.807, 2.05) is 13.0 Å². The van der Waals surface area contributed by atoms with Crippen LogP contribution < -0.4 is 5.73 Å². The Hall–Kier alpha value is -1.26. The van der Waals surface area contributed by atoms with Crippen molar-refractivity contribution in [1.82, 2.24) is 4.98 Å². The summed E-state index contributed by atoms with van der Waals surface area (Å²) in [6.45, 7) is 1.95. The SMILES string of the molecule is Cc1ccc(F)c(C(N)c2nc3c(s2)CCCC3)c1. The molecule has 1 aromatic heterocycles. The second-order valence-corrected chi connectivity index (χ2v) is 6.25. The van der Waals surface area contributed by atoms with Gasteiger partial charge in [-0.05, 0) is 38.7 Å². The second-order valence-electron chi connectivity index (χ2n) is 5.13. The number of nitrogens with two attached hydrogens (primary N) is 1. The van der Waals surface area contributed by atoms with Gasteiger partial charge in [0, 0.05) is 10.4 Å². The molecule has 0 bridgehead atoms. The Balaban J connectivity index is 1.97. The van der Waals surface area contributed by atoms with E-state index in [1.165, 1.54) is 29.5 Å². The number of nitrogens with zero attached hydrogens (tertiary/aromatic N) is 1. The lowest BCUT2D eigenvalue weighted by molar-refractivity contribution is 0.598. The van der Waals surface area contributed by atoms with Crippen LogP contribution in [0.5, 0.6) is 0 Å². The van der Waals surface area contributed by atoms with Gasteiger partial charge in [0.15, 0.2) is 0 Å². The van der Waals surface area contributed by atoms with E-state index in [0.717, 1.165) is 23.4 Å². The van der Waals surface area contributed by atoms with Crippen LogP contribution in [-0.2, 0) is 12.8 Å². The fraction of sp³-hybridized carbons (Fsp3) is 0.400. The molecule has 1 atom stereocenters. The van der Waals surface area contributed by atoms with E-state index in [9.17, 15) is 4.39 Å². The summed E-state index contributed by atoms with van der Waals surface area (Å²) in [6, 6.07) is 4.62. The Bertz CT molecular complexity index is 583. The van der Waals surface area contributed by atoms with E-state index in [1.54, 1.807) is 17.4 Å². The number of hydrogen-bond acceptors (Lipinski definition) is 3. The summed E-state index contributed by atoms with van der Waals surface area (Å²) >= 11 is 1.65. The first kappa shape index (κ1) is 12.8. The van der Waals surface area contributed by atoms with Gasteiger partial charge in [0.1, 0.15) is 10.8 Å². The summed E-state index contributed by atoms with van der Waals surface area (Å²) in [7, 11) is 0. The highest BCUT2D eigenvalue weighted by Crippen LogP contribution is 2.32. The van der Waals surface area contributed by atoms with Crippen molar-refractivity contribution in [2.45, 2.75) is 38.6 Å². The van der Waals surface area contributed by atoms with Crippen molar-refractivity contribution in [3.05, 3.63) is 50.7 Å². The van der Waals surface area contributed by atoms with Crippen molar-refractivity contribution in [1.29, 1.82) is 0 Å². The Morgan fingerprint density at radius 2 is 2.11 bits per heavy atom. The standard InChI is InChI=1S/C15H17FN2S/c1-9-6-7-11(16)10(8-9)14(17)15-18-12-4-2-3-5-13(12)19-15/h6-8,14H,2-5,17H2,1H3. The maximum atomic E-state index is 13.9. The number of benzene rings is 1. The first-order valence-corrected chi connectivity index (χ1v) is 7.47. The number of aromatic nitrogens is 1. The first-order chi connectivity index (χ1) is 9.15. The Kier molecular flexibility index (Phi) is 3.37. The third kappa shape index (κ3) is 2.42. The summed E-state index contributed by atoms with van der Waals surface area (Å²) in [4.78, 5) is 5.96. The number of halogens is 1. The van der Waals surface area contributed by atoms with Crippen molar-refractivity contribution in [3.63, 3.8) is 0 Å². The zero-order chi connectivity index (χ0) is 13.4. The van der Waals surface area contributed by atoms with Crippen molar-refractivity contribution in [2.75, 3.05) is 0 Å². The molecule has 100 valence electrons. The fourth-order valence-electron chi connectivity index (χ4n) is 2.54. The molecule has 0 spiro atoms. The molecule has 1 heterocycles. The van der Waals surface area contributed by atoms with Crippen LogP contribution in [0.4, 0.5) is 4.39 Å². The predicted molar refractivity (Wildman–Crippen MR) is 75.9 cm³/mol. The maximum Gasteiger partial charge on any atom is 0.128 e. The molecule has 1 aliphatic rings. The minimum absolute atomic E-state index is 0.244. The van der Waals surface area contributed by atoms with Gasteiger partial charge in [-0.25, -0.2) is 9.37 Å². The number of thiazole rings is 1. The largest absolute Gasteiger partial charge is 0.318 e. The van der Waals surface area contributed by atoms with Crippen LogP contribution in [0.25, 0.3) is 0 Å². The van der Waals surface area contributed by atoms with Crippen molar-refractivity contribution in [3.8, 4) is 0 Å². The molecule has 0 fully saturated rings. The minimum atomic E-state index is -0.449. The van der Waals surface area contributed by atoms with E-state index in [-0.39, 0.29) is 5.82 Å². The quantitative estimate of drug-likeness (QED) is 0.911. The molecular formula is C15H17FN2S. The molecule has 0 amide bonds. The molecule has 1 aliphatic carbocycles. The minimum Gasteiger partial charge on any atom is -0.318 e. The summed E-state index contributed by atoms with van der Waals surface area (Å²) in [5.41, 5.74) is 8.95. The van der Waals surface area contributed by atoms with Crippen LogP contribution in [0.3, 0.4) is 0 Å². The van der Waals surface area contributed by atoms with E-state index in [2.05, 4.69) is 4.98 Å². The monoisotopic (exact) mass is 276 g/mol. The molecule has 0 radical (unpaired) electrons. The zero-order valence-electron chi connectivity index (χ0n) is 10.9. The fourth-order valence-corrected chi connectivity index (χ4v) is 3.71. The Morgan fingerprint density at radius 3 is 2.89 bits per heavy atom. The van der Waals surface area contributed by atoms with Gasteiger partial charge in [0.2, 0.25) is 0 Å². The molecule has 1 unspecified atom stereocenters. The van der Waals surface area contributed by atoms with Crippen LogP contribution in [-0.4, -0.2) is 4.98 Å². The van der Waals surface area contributed by atoms with Crippen LogP contribution in [0, 0.1) is 12.7 Å². The summed E-state index contributed by atoms with van der Waals surface area (Å²) in [5.74, 6) is -0.244. The summed E-state index contributed by atoms with van der Waals surface area (Å²) < 4.78 is 13.9. The highest BCUT2D eigenvalue weighted by atomic mass is 32.1.